The van der Waals surface area contributed by atoms with Gasteiger partial charge in [-0.1, -0.05) is 12.1 Å². The second-order valence-electron chi connectivity index (χ2n) is 3.17. The second-order valence-corrected chi connectivity index (χ2v) is 6.20. The number of fused-ring (bicyclic) bond motifs is 1. The number of amidine groups is 1. The van der Waals surface area contributed by atoms with Crippen molar-refractivity contribution in [2.75, 3.05) is 5.06 Å². The van der Waals surface area contributed by atoms with Crippen molar-refractivity contribution in [3.8, 4) is 0 Å². The van der Waals surface area contributed by atoms with Gasteiger partial charge in [-0.15, -0.1) is 4.40 Å². The summed E-state index contributed by atoms with van der Waals surface area (Å²) < 4.78 is 48.4. The number of hydrogen-bond acceptors (Lipinski definition) is 6. The summed E-state index contributed by atoms with van der Waals surface area (Å²) in [6.45, 7) is 0. The van der Waals surface area contributed by atoms with Gasteiger partial charge in [0.1, 0.15) is 4.90 Å². The minimum Gasteiger partial charge on any atom is -0.281 e. The SMILES string of the molecule is NS(=O)(=O)C1=NS(=O)(=O)c2ccccc2N1O. The van der Waals surface area contributed by atoms with Crippen molar-refractivity contribution < 1.29 is 22.0 Å². The van der Waals surface area contributed by atoms with Gasteiger partial charge in [0, 0.05) is 0 Å². The molecule has 1 aromatic carbocycles. The standard InChI is InChI=1S/C7H7N3O5S2/c8-16(12,13)7-9-17(14,15)6-4-2-1-3-5(6)10(7)11/h1-4,11H,(H2,8,12,13). The molecule has 1 aliphatic heterocycles. The Bertz CT molecular complexity index is 707. The predicted octanol–water partition coefficient (Wildman–Crippen LogP) is -0.771. The molecule has 92 valence electrons. The molecule has 0 atom stereocenters. The van der Waals surface area contributed by atoms with Crippen LogP contribution in [0.25, 0.3) is 0 Å². The molecular formula is C7H7N3O5S2. The van der Waals surface area contributed by atoms with Gasteiger partial charge in [-0.3, -0.25) is 5.21 Å². The van der Waals surface area contributed by atoms with Crippen molar-refractivity contribution in [3.63, 3.8) is 0 Å². The summed E-state index contributed by atoms with van der Waals surface area (Å²) in [5.74, 6) is 0. The third-order valence-corrected chi connectivity index (χ3v) is 4.21. The van der Waals surface area contributed by atoms with E-state index in [9.17, 15) is 22.0 Å². The number of anilines is 1. The van der Waals surface area contributed by atoms with Gasteiger partial charge in [-0.25, -0.2) is 13.6 Å². The van der Waals surface area contributed by atoms with Crippen LogP contribution in [0.15, 0.2) is 33.6 Å². The van der Waals surface area contributed by atoms with Gasteiger partial charge >= 0.3 is 0 Å². The number of sulfonamides is 2. The number of hydrogen-bond donors (Lipinski definition) is 2. The first-order chi connectivity index (χ1) is 7.73. The van der Waals surface area contributed by atoms with E-state index in [2.05, 4.69) is 4.40 Å². The maximum atomic E-state index is 11.6. The molecule has 2 rings (SSSR count). The third-order valence-electron chi connectivity index (χ3n) is 2.01. The van der Waals surface area contributed by atoms with Gasteiger partial charge in [0.2, 0.25) is 0 Å². The molecule has 1 heterocycles. The first-order valence-corrected chi connectivity index (χ1v) is 7.18. The molecule has 0 unspecified atom stereocenters. The van der Waals surface area contributed by atoms with E-state index in [1.54, 1.807) is 0 Å². The Morgan fingerprint density at radius 1 is 1.29 bits per heavy atom. The molecule has 8 nitrogen and oxygen atoms in total. The normalized spacial score (nSPS) is 18.5. The minimum atomic E-state index is -4.44. The number of para-hydroxylation sites is 1. The van der Waals surface area contributed by atoms with Gasteiger partial charge in [-0.05, 0) is 12.1 Å². The molecule has 0 bridgehead atoms. The molecule has 1 aliphatic rings. The second kappa shape index (κ2) is 3.50. The number of nitrogens with zero attached hydrogens (tertiary/aromatic N) is 2. The van der Waals surface area contributed by atoms with Crippen LogP contribution in [0.1, 0.15) is 0 Å². The van der Waals surface area contributed by atoms with Crippen LogP contribution in [0.3, 0.4) is 0 Å². The summed E-state index contributed by atoms with van der Waals surface area (Å²) in [5.41, 5.74) is -0.216. The van der Waals surface area contributed by atoms with Crippen molar-refractivity contribution >= 4 is 30.9 Å². The van der Waals surface area contributed by atoms with Crippen LogP contribution in [-0.2, 0) is 20.0 Å². The lowest BCUT2D eigenvalue weighted by atomic mass is 10.3. The molecule has 0 aliphatic carbocycles. The maximum Gasteiger partial charge on any atom is 0.287 e. The fourth-order valence-corrected chi connectivity index (χ4v) is 3.42. The van der Waals surface area contributed by atoms with Crippen LogP contribution in [0.5, 0.6) is 0 Å². The average Bonchev–Trinajstić information content (AvgIpc) is 2.22. The Morgan fingerprint density at radius 3 is 2.47 bits per heavy atom. The largest absolute Gasteiger partial charge is 0.287 e. The first-order valence-electron chi connectivity index (χ1n) is 4.19. The Morgan fingerprint density at radius 2 is 1.88 bits per heavy atom. The molecule has 0 aromatic heterocycles. The molecule has 17 heavy (non-hydrogen) atoms. The average molecular weight is 277 g/mol. The van der Waals surface area contributed by atoms with E-state index in [1.807, 2.05) is 0 Å². The Hall–Kier alpha value is -1.49. The van der Waals surface area contributed by atoms with E-state index in [4.69, 9.17) is 5.14 Å². The smallest absolute Gasteiger partial charge is 0.281 e. The highest BCUT2D eigenvalue weighted by molar-refractivity contribution is 8.06. The summed E-state index contributed by atoms with van der Waals surface area (Å²) in [6, 6.07) is 5.27. The zero-order valence-electron chi connectivity index (χ0n) is 8.18. The Labute approximate surface area is 97.1 Å². The molecule has 0 saturated carbocycles. The van der Waals surface area contributed by atoms with E-state index in [0.717, 1.165) is 0 Å². The van der Waals surface area contributed by atoms with Crippen LogP contribution in [0.2, 0.25) is 0 Å². The number of hydroxylamine groups is 1. The van der Waals surface area contributed by atoms with Crippen molar-refractivity contribution in [3.05, 3.63) is 24.3 Å². The molecule has 3 N–H and O–H groups in total. The number of primary sulfonamides is 1. The highest BCUT2D eigenvalue weighted by Gasteiger charge is 2.35. The Kier molecular flexibility index (Phi) is 2.47. The lowest BCUT2D eigenvalue weighted by molar-refractivity contribution is 0.311. The lowest BCUT2D eigenvalue weighted by Gasteiger charge is -2.22. The van der Waals surface area contributed by atoms with Crippen molar-refractivity contribution in [2.45, 2.75) is 4.90 Å². The maximum absolute atomic E-state index is 11.6. The zero-order chi connectivity index (χ0) is 12.8. The monoisotopic (exact) mass is 277 g/mol. The number of benzene rings is 1. The third kappa shape index (κ3) is 1.91. The zero-order valence-corrected chi connectivity index (χ0v) is 9.81. The van der Waals surface area contributed by atoms with Crippen LogP contribution >= 0.6 is 0 Å². The van der Waals surface area contributed by atoms with Gasteiger partial charge in [0.25, 0.3) is 25.2 Å². The van der Waals surface area contributed by atoms with E-state index < -0.39 is 25.2 Å². The van der Waals surface area contributed by atoms with E-state index in [1.165, 1.54) is 24.3 Å². The number of nitrogens with two attached hydrogens (primary N) is 1. The number of rotatable bonds is 0. The quantitative estimate of drug-likeness (QED) is 0.640. The van der Waals surface area contributed by atoms with Crippen molar-refractivity contribution in [1.29, 1.82) is 0 Å². The molecule has 0 amide bonds. The van der Waals surface area contributed by atoms with Crippen LogP contribution in [0.4, 0.5) is 5.69 Å². The van der Waals surface area contributed by atoms with Crippen LogP contribution in [0, 0.1) is 0 Å². The molecule has 0 spiro atoms. The topological polar surface area (TPSA) is 130 Å². The molecule has 1 aromatic rings. The Balaban J connectivity index is 2.80. The van der Waals surface area contributed by atoms with E-state index in [0.29, 0.717) is 0 Å². The van der Waals surface area contributed by atoms with Gasteiger partial charge < -0.3 is 0 Å². The van der Waals surface area contributed by atoms with E-state index >= 15 is 0 Å². The van der Waals surface area contributed by atoms with Gasteiger partial charge in [0.05, 0.1) is 5.69 Å². The van der Waals surface area contributed by atoms with E-state index in [-0.39, 0.29) is 15.6 Å². The van der Waals surface area contributed by atoms with Gasteiger partial charge in [-0.2, -0.15) is 13.5 Å². The highest BCUT2D eigenvalue weighted by atomic mass is 32.2. The van der Waals surface area contributed by atoms with Crippen molar-refractivity contribution in [1.82, 2.24) is 0 Å². The van der Waals surface area contributed by atoms with Crippen LogP contribution < -0.4 is 10.2 Å². The fourth-order valence-electron chi connectivity index (χ4n) is 1.32. The minimum absolute atomic E-state index is 0.131. The van der Waals surface area contributed by atoms with Crippen LogP contribution in [-0.4, -0.2) is 27.2 Å². The molecule has 0 saturated heterocycles. The predicted molar refractivity (Wildman–Crippen MR) is 58.4 cm³/mol. The highest BCUT2D eigenvalue weighted by Crippen LogP contribution is 2.30. The summed E-state index contributed by atoms with van der Waals surface area (Å²) in [5, 5.41) is 13.3. The summed E-state index contributed by atoms with van der Waals surface area (Å²) in [6.07, 6.45) is 0. The van der Waals surface area contributed by atoms with Gasteiger partial charge in [0.15, 0.2) is 0 Å². The molecule has 10 heteroatoms. The van der Waals surface area contributed by atoms with Crippen molar-refractivity contribution in [2.24, 2.45) is 9.54 Å². The molecule has 0 fully saturated rings. The first kappa shape index (κ1) is 12.0. The summed E-state index contributed by atoms with van der Waals surface area (Å²) in [4.78, 5) is -0.296. The molecular weight excluding hydrogens is 270 g/mol. The fraction of sp³-hybridized carbons (Fsp3) is 0. The molecule has 0 radical (unpaired) electrons. The summed E-state index contributed by atoms with van der Waals surface area (Å²) >= 11 is 0. The summed E-state index contributed by atoms with van der Waals surface area (Å²) in [7, 11) is -8.62. The lowest BCUT2D eigenvalue weighted by Crippen LogP contribution is -2.41.